The molecule has 1 amide bonds. The van der Waals surface area contributed by atoms with Gasteiger partial charge in [-0.15, -0.1) is 11.3 Å². The second-order valence-electron chi connectivity index (χ2n) is 7.78. The summed E-state index contributed by atoms with van der Waals surface area (Å²) in [5.41, 5.74) is 1.38. The number of ether oxygens (including phenoxy) is 3. The fourth-order valence-electron chi connectivity index (χ4n) is 3.47. The molecule has 3 aromatic carbocycles. The predicted molar refractivity (Wildman–Crippen MR) is 142 cm³/mol. The van der Waals surface area contributed by atoms with Gasteiger partial charge >= 0.3 is 11.9 Å². The number of para-hydroxylation sites is 1. The normalized spacial score (nSPS) is 10.4. The lowest BCUT2D eigenvalue weighted by Gasteiger charge is -2.10. The number of benzene rings is 3. The molecule has 0 aliphatic rings. The summed E-state index contributed by atoms with van der Waals surface area (Å²) >= 11 is 7.37. The van der Waals surface area contributed by atoms with Crippen LogP contribution in [0.15, 0.2) is 84.9 Å². The largest absolute Gasteiger partial charge is 0.465 e. The number of amides is 1. The smallest absolute Gasteiger partial charge is 0.341 e. The highest BCUT2D eigenvalue weighted by Gasteiger charge is 2.26. The first-order valence-corrected chi connectivity index (χ1v) is 12.4. The van der Waals surface area contributed by atoms with Crippen LogP contribution in [0.25, 0.3) is 0 Å². The zero-order chi connectivity index (χ0) is 26.2. The molecule has 4 rings (SSSR count). The second-order valence-corrected chi connectivity index (χ2v) is 9.40. The van der Waals surface area contributed by atoms with E-state index in [1.165, 1.54) is 7.11 Å². The van der Waals surface area contributed by atoms with Crippen LogP contribution >= 0.6 is 22.9 Å². The molecule has 0 unspecified atom stereocenters. The summed E-state index contributed by atoms with van der Waals surface area (Å²) in [6, 6.07) is 24.9. The number of hydrogen-bond donors (Lipinski definition) is 1. The van der Waals surface area contributed by atoms with Gasteiger partial charge in [-0.1, -0.05) is 60.1 Å². The minimum atomic E-state index is -0.706. The van der Waals surface area contributed by atoms with Gasteiger partial charge in [0.25, 0.3) is 0 Å². The van der Waals surface area contributed by atoms with Gasteiger partial charge in [-0.25, -0.2) is 9.59 Å². The van der Waals surface area contributed by atoms with E-state index in [4.69, 9.17) is 25.8 Å². The lowest BCUT2D eigenvalue weighted by Crippen LogP contribution is -2.17. The van der Waals surface area contributed by atoms with Crippen molar-refractivity contribution in [2.45, 2.75) is 13.0 Å². The van der Waals surface area contributed by atoms with Crippen LogP contribution in [0.5, 0.6) is 11.5 Å². The van der Waals surface area contributed by atoms with E-state index < -0.39 is 11.9 Å². The quantitative estimate of drug-likeness (QED) is 0.245. The molecule has 4 aromatic rings. The minimum absolute atomic E-state index is 0.0282. The number of rotatable bonds is 9. The molecule has 0 fully saturated rings. The average molecular weight is 536 g/mol. The molecule has 188 valence electrons. The third-order valence-electron chi connectivity index (χ3n) is 5.20. The first-order valence-electron chi connectivity index (χ1n) is 11.2. The van der Waals surface area contributed by atoms with Gasteiger partial charge in [-0.2, -0.15) is 0 Å². The molecule has 0 aliphatic heterocycles. The second kappa shape index (κ2) is 12.2. The number of carbonyl (C=O) groups is 3. The Hall–Kier alpha value is -4.14. The monoisotopic (exact) mass is 535 g/mol. The molecule has 0 aliphatic carbocycles. The Kier molecular flexibility index (Phi) is 8.56. The van der Waals surface area contributed by atoms with Crippen LogP contribution in [-0.2, 0) is 27.3 Å². The van der Waals surface area contributed by atoms with E-state index >= 15 is 0 Å². The van der Waals surface area contributed by atoms with Crippen LogP contribution in [0.4, 0.5) is 5.00 Å². The number of hydrogen-bond acceptors (Lipinski definition) is 7. The zero-order valence-electron chi connectivity index (χ0n) is 19.7. The van der Waals surface area contributed by atoms with Gasteiger partial charge in [-0.05, 0) is 42.0 Å². The highest BCUT2D eigenvalue weighted by atomic mass is 35.5. The fourth-order valence-corrected chi connectivity index (χ4v) is 4.78. The van der Waals surface area contributed by atoms with Gasteiger partial charge in [0, 0.05) is 5.56 Å². The summed E-state index contributed by atoms with van der Waals surface area (Å²) in [7, 11) is 1.22. The molecule has 7 nitrogen and oxygen atoms in total. The molecule has 0 saturated carbocycles. The number of nitrogens with one attached hydrogen (secondary N) is 1. The van der Waals surface area contributed by atoms with Gasteiger partial charge in [0.15, 0.2) is 0 Å². The van der Waals surface area contributed by atoms with E-state index in [1.54, 1.807) is 54.6 Å². The van der Waals surface area contributed by atoms with Gasteiger partial charge in [-0.3, -0.25) is 4.79 Å². The molecule has 0 atom stereocenters. The lowest BCUT2D eigenvalue weighted by molar-refractivity contribution is -0.115. The van der Waals surface area contributed by atoms with E-state index in [9.17, 15) is 14.4 Å². The molecule has 9 heteroatoms. The van der Waals surface area contributed by atoms with Gasteiger partial charge in [0.05, 0.1) is 19.1 Å². The molecule has 0 spiro atoms. The van der Waals surface area contributed by atoms with E-state index in [0.29, 0.717) is 22.6 Å². The van der Waals surface area contributed by atoms with E-state index in [0.717, 1.165) is 11.3 Å². The first kappa shape index (κ1) is 25.9. The number of methoxy groups -OCH3 is 1. The van der Waals surface area contributed by atoms with Crippen molar-refractivity contribution in [3.8, 4) is 11.5 Å². The van der Waals surface area contributed by atoms with Gasteiger partial charge < -0.3 is 19.5 Å². The molecular weight excluding hydrogens is 514 g/mol. The Morgan fingerprint density at radius 2 is 1.54 bits per heavy atom. The number of esters is 2. The Balaban J connectivity index is 1.47. The summed E-state index contributed by atoms with van der Waals surface area (Å²) in [6.45, 7) is -0.262. The number of anilines is 1. The van der Waals surface area contributed by atoms with Crippen LogP contribution in [0, 0.1) is 0 Å². The van der Waals surface area contributed by atoms with Crippen molar-refractivity contribution in [2.75, 3.05) is 12.4 Å². The van der Waals surface area contributed by atoms with Crippen molar-refractivity contribution in [1.29, 1.82) is 0 Å². The molecule has 1 N–H and O–H groups in total. The molecule has 0 radical (unpaired) electrons. The summed E-state index contributed by atoms with van der Waals surface area (Å²) in [6.07, 6.45) is 0.0282. The fraction of sp³-hybridized carbons (Fsp3) is 0.107. The maximum absolute atomic E-state index is 12.9. The first-order chi connectivity index (χ1) is 17.9. The molecule has 37 heavy (non-hydrogen) atoms. The summed E-state index contributed by atoms with van der Waals surface area (Å²) in [5, 5.41) is 2.95. The number of thiophene rings is 1. The third-order valence-corrected chi connectivity index (χ3v) is 6.59. The Morgan fingerprint density at radius 1 is 0.865 bits per heavy atom. The Labute approximate surface area is 222 Å². The summed E-state index contributed by atoms with van der Waals surface area (Å²) < 4.78 is 16.3. The lowest BCUT2D eigenvalue weighted by atomic mass is 10.1. The van der Waals surface area contributed by atoms with Crippen LogP contribution < -0.4 is 10.1 Å². The molecular formula is C28H22ClNO6S. The van der Waals surface area contributed by atoms with Crippen molar-refractivity contribution in [1.82, 2.24) is 0 Å². The highest BCUT2D eigenvalue weighted by molar-refractivity contribution is 7.20. The van der Waals surface area contributed by atoms with Gasteiger partial charge in [0.2, 0.25) is 5.91 Å². The van der Waals surface area contributed by atoms with Crippen LogP contribution in [0.2, 0.25) is 4.34 Å². The van der Waals surface area contributed by atoms with Crippen molar-refractivity contribution in [3.63, 3.8) is 0 Å². The van der Waals surface area contributed by atoms with Gasteiger partial charge in [0.1, 0.15) is 33.0 Å². The van der Waals surface area contributed by atoms with Crippen molar-refractivity contribution < 1.29 is 28.6 Å². The third kappa shape index (κ3) is 6.75. The molecule has 0 bridgehead atoms. The van der Waals surface area contributed by atoms with E-state index in [2.05, 4.69) is 5.32 Å². The minimum Gasteiger partial charge on any atom is -0.465 e. The van der Waals surface area contributed by atoms with Crippen LogP contribution in [-0.4, -0.2) is 25.0 Å². The van der Waals surface area contributed by atoms with E-state index in [1.807, 2.05) is 30.3 Å². The Morgan fingerprint density at radius 3 is 2.24 bits per heavy atom. The standard InChI is InChI=1S/C28H22ClNO6S/c1-34-28(33)24-22(17-35-27(32)19-10-4-2-5-11-19)25(29)37-26(24)30-23(31)16-18-9-8-14-21(15-18)36-20-12-6-3-7-13-20/h2-15H,16-17H2,1H3,(H,30,31). The summed E-state index contributed by atoms with van der Waals surface area (Å²) in [5.74, 6) is -0.369. The number of halogens is 1. The van der Waals surface area contributed by atoms with Crippen molar-refractivity contribution in [3.05, 3.63) is 112 Å². The van der Waals surface area contributed by atoms with Crippen LogP contribution in [0.1, 0.15) is 31.8 Å². The summed E-state index contributed by atoms with van der Waals surface area (Å²) in [4.78, 5) is 37.8. The topological polar surface area (TPSA) is 90.9 Å². The SMILES string of the molecule is COC(=O)c1c(NC(=O)Cc2cccc(Oc3ccccc3)c2)sc(Cl)c1COC(=O)c1ccccc1. The maximum atomic E-state index is 12.9. The molecule has 0 saturated heterocycles. The van der Waals surface area contributed by atoms with E-state index in [-0.39, 0.29) is 39.4 Å². The van der Waals surface area contributed by atoms with Crippen LogP contribution in [0.3, 0.4) is 0 Å². The Bertz CT molecular complexity index is 1400. The molecule has 1 heterocycles. The van der Waals surface area contributed by atoms with Crippen molar-refractivity contribution in [2.24, 2.45) is 0 Å². The highest BCUT2D eigenvalue weighted by Crippen LogP contribution is 2.38. The number of carbonyl (C=O) groups excluding carboxylic acids is 3. The average Bonchev–Trinajstić information content (AvgIpc) is 3.22. The zero-order valence-corrected chi connectivity index (χ0v) is 21.3. The van der Waals surface area contributed by atoms with Crippen molar-refractivity contribution >= 4 is 45.8 Å². The maximum Gasteiger partial charge on any atom is 0.341 e. The predicted octanol–water partition coefficient (Wildman–Crippen LogP) is 6.52. The molecule has 1 aromatic heterocycles.